The Kier molecular flexibility index (Phi) is 5.32. The van der Waals surface area contributed by atoms with Gasteiger partial charge in [0.15, 0.2) is 11.6 Å². The molecule has 1 aromatic rings. The molecule has 0 N–H and O–H groups in total. The van der Waals surface area contributed by atoms with Crippen molar-refractivity contribution in [3.63, 3.8) is 0 Å². The van der Waals surface area contributed by atoms with E-state index in [4.69, 9.17) is 0 Å². The van der Waals surface area contributed by atoms with Gasteiger partial charge in [0.25, 0.3) is 0 Å². The normalized spacial score (nSPS) is 11.1. The van der Waals surface area contributed by atoms with Crippen LogP contribution in [-0.4, -0.2) is 6.98 Å². The SMILES string of the molecule is Fc1cc(F)c(F)c([B-](F)(F)F)c1F.[K+]. The summed E-state index contributed by atoms with van der Waals surface area (Å²) in [6.07, 6.45) is 0. The molecule has 0 atom stereocenters. The Morgan fingerprint density at radius 3 is 1.40 bits per heavy atom. The van der Waals surface area contributed by atoms with Gasteiger partial charge in [0.05, 0.1) is 0 Å². The molecule has 1 rings (SSSR count). The van der Waals surface area contributed by atoms with Gasteiger partial charge in [-0.25, -0.2) is 17.6 Å². The summed E-state index contributed by atoms with van der Waals surface area (Å²) in [7, 11) is 0. The summed E-state index contributed by atoms with van der Waals surface area (Å²) in [6, 6.07) is -0.282. The molecule has 15 heavy (non-hydrogen) atoms. The standard InChI is InChI=1S/C6HBF7.K/c8-2-1-3(9)6(11)4(5(2)10)7(12,13)14;/h1H;/q-1;+1. The van der Waals surface area contributed by atoms with E-state index in [0.717, 1.165) is 0 Å². The predicted molar refractivity (Wildman–Crippen MR) is 35.0 cm³/mol. The van der Waals surface area contributed by atoms with Crippen molar-refractivity contribution in [1.82, 2.24) is 0 Å². The molecule has 0 radical (unpaired) electrons. The van der Waals surface area contributed by atoms with Gasteiger partial charge in [-0.05, 0) is 5.46 Å². The van der Waals surface area contributed by atoms with Crippen LogP contribution in [0, 0.1) is 23.3 Å². The molecule has 0 saturated carbocycles. The summed E-state index contributed by atoms with van der Waals surface area (Å²) in [5.74, 6) is -8.98. The van der Waals surface area contributed by atoms with E-state index in [2.05, 4.69) is 0 Å². The van der Waals surface area contributed by atoms with Crippen LogP contribution in [0.15, 0.2) is 6.07 Å². The molecule has 0 fully saturated rings. The van der Waals surface area contributed by atoms with Crippen LogP contribution < -0.4 is 56.8 Å². The third-order valence-electron chi connectivity index (χ3n) is 1.47. The van der Waals surface area contributed by atoms with Crippen molar-refractivity contribution in [3.8, 4) is 0 Å². The fourth-order valence-corrected chi connectivity index (χ4v) is 0.879. The summed E-state index contributed by atoms with van der Waals surface area (Å²) in [6.45, 7) is -6.12. The number of rotatable bonds is 1. The van der Waals surface area contributed by atoms with Crippen molar-refractivity contribution in [1.29, 1.82) is 0 Å². The third-order valence-corrected chi connectivity index (χ3v) is 1.47. The minimum atomic E-state index is -6.12. The molecule has 0 nitrogen and oxygen atoms in total. The van der Waals surface area contributed by atoms with E-state index in [1.54, 1.807) is 0 Å². The minimum absolute atomic E-state index is 0. The van der Waals surface area contributed by atoms with Crippen LogP contribution in [-0.2, 0) is 0 Å². The Morgan fingerprint density at radius 1 is 0.800 bits per heavy atom. The molecule has 0 unspecified atom stereocenters. The smallest absolute Gasteiger partial charge is 0.445 e. The second kappa shape index (κ2) is 5.17. The molecule has 0 saturated heterocycles. The Labute approximate surface area is 122 Å². The molecule has 0 spiro atoms. The number of hydrogen-bond acceptors (Lipinski definition) is 0. The van der Waals surface area contributed by atoms with Crippen molar-refractivity contribution in [2.24, 2.45) is 0 Å². The van der Waals surface area contributed by atoms with Crippen LogP contribution in [0.1, 0.15) is 0 Å². The Hall–Kier alpha value is 0.431. The molecule has 0 heterocycles. The first-order valence-corrected chi connectivity index (χ1v) is 3.28. The van der Waals surface area contributed by atoms with E-state index >= 15 is 0 Å². The van der Waals surface area contributed by atoms with Gasteiger partial charge in [-0.15, -0.1) is 0 Å². The summed E-state index contributed by atoms with van der Waals surface area (Å²) in [4.78, 5) is 0. The van der Waals surface area contributed by atoms with E-state index in [0.29, 0.717) is 0 Å². The summed E-state index contributed by atoms with van der Waals surface area (Å²) in [5, 5.41) is 0. The second-order valence-corrected chi connectivity index (χ2v) is 2.46. The van der Waals surface area contributed by atoms with E-state index < -0.39 is 35.7 Å². The Morgan fingerprint density at radius 2 is 1.13 bits per heavy atom. The van der Waals surface area contributed by atoms with Crippen LogP contribution in [0.4, 0.5) is 30.5 Å². The number of benzene rings is 1. The van der Waals surface area contributed by atoms with E-state index in [-0.39, 0.29) is 57.5 Å². The number of hydrogen-bond donors (Lipinski definition) is 0. The zero-order chi connectivity index (χ0) is 11.1. The molecule has 9 heteroatoms. The first-order valence-electron chi connectivity index (χ1n) is 3.28. The van der Waals surface area contributed by atoms with Crippen LogP contribution in [0.2, 0.25) is 0 Å². The zero-order valence-electron chi connectivity index (χ0n) is 7.30. The van der Waals surface area contributed by atoms with E-state index in [9.17, 15) is 30.5 Å². The minimum Gasteiger partial charge on any atom is -0.445 e. The molecular weight excluding hydrogens is 255 g/mol. The fraction of sp³-hybridized carbons (Fsp3) is 0. The quantitative estimate of drug-likeness (QED) is 0.354. The second-order valence-electron chi connectivity index (χ2n) is 2.46. The van der Waals surface area contributed by atoms with Crippen molar-refractivity contribution in [2.45, 2.75) is 0 Å². The van der Waals surface area contributed by atoms with Gasteiger partial charge in [0.2, 0.25) is 0 Å². The van der Waals surface area contributed by atoms with Crippen LogP contribution >= 0.6 is 0 Å². The maximum absolute atomic E-state index is 12.5. The molecule has 0 aliphatic rings. The van der Waals surface area contributed by atoms with Gasteiger partial charge in [-0.3, -0.25) is 0 Å². The maximum atomic E-state index is 12.5. The zero-order valence-corrected chi connectivity index (χ0v) is 10.4. The first-order chi connectivity index (χ1) is 6.25. The molecule has 0 bridgehead atoms. The predicted octanol–water partition coefficient (Wildman–Crippen LogP) is -0.699. The Balaban J connectivity index is 0.00000196. The summed E-state index contributed by atoms with van der Waals surface area (Å²) >= 11 is 0. The van der Waals surface area contributed by atoms with Crippen LogP contribution in [0.25, 0.3) is 0 Å². The van der Waals surface area contributed by atoms with Crippen molar-refractivity contribution in [3.05, 3.63) is 29.3 Å². The van der Waals surface area contributed by atoms with Gasteiger partial charge in [-0.2, -0.15) is 0 Å². The van der Waals surface area contributed by atoms with Crippen LogP contribution in [0.3, 0.4) is 0 Å². The average Bonchev–Trinajstić information content (AvgIpc) is 1.98. The largest absolute Gasteiger partial charge is 1.00 e. The molecule has 0 aliphatic heterocycles. The molecule has 0 amide bonds. The van der Waals surface area contributed by atoms with Gasteiger partial charge in [0, 0.05) is 6.07 Å². The number of halogens is 7. The summed E-state index contributed by atoms with van der Waals surface area (Å²) < 4.78 is 85.2. The third kappa shape index (κ3) is 3.19. The fourth-order valence-electron chi connectivity index (χ4n) is 0.879. The maximum Gasteiger partial charge on any atom is 1.00 e. The average molecular weight is 256 g/mol. The van der Waals surface area contributed by atoms with Crippen LogP contribution in [0.5, 0.6) is 0 Å². The van der Waals surface area contributed by atoms with Gasteiger partial charge in [0.1, 0.15) is 11.6 Å². The Bertz CT molecular complexity index is 348. The van der Waals surface area contributed by atoms with E-state index in [1.807, 2.05) is 0 Å². The molecular formula is C6HBF7K. The molecule has 1 aromatic carbocycles. The first kappa shape index (κ1) is 15.4. The van der Waals surface area contributed by atoms with E-state index in [1.165, 1.54) is 0 Å². The van der Waals surface area contributed by atoms with Crippen molar-refractivity contribution in [2.75, 3.05) is 0 Å². The molecule has 78 valence electrons. The molecule has 0 aliphatic carbocycles. The topological polar surface area (TPSA) is 0 Å². The van der Waals surface area contributed by atoms with Gasteiger partial charge in [-0.1, -0.05) is 0 Å². The van der Waals surface area contributed by atoms with Crippen molar-refractivity contribution >= 4 is 12.4 Å². The summed E-state index contributed by atoms with van der Waals surface area (Å²) in [5.41, 5.74) is -2.50. The monoisotopic (exact) mass is 256 g/mol. The van der Waals surface area contributed by atoms with Gasteiger partial charge >= 0.3 is 58.4 Å². The van der Waals surface area contributed by atoms with Crippen molar-refractivity contribution < 1.29 is 81.9 Å². The molecule has 0 aromatic heterocycles. The van der Waals surface area contributed by atoms with Gasteiger partial charge < -0.3 is 12.9 Å².